The minimum absolute atomic E-state index is 0.00415. The van der Waals surface area contributed by atoms with Crippen LogP contribution in [0.4, 0.5) is 11.4 Å². The first kappa shape index (κ1) is 22.4. The molecule has 1 amide bonds. The third-order valence-corrected chi connectivity index (χ3v) is 6.53. The molecule has 2 heterocycles. The Bertz CT molecular complexity index is 1440. The number of fused-ring (bicyclic) bond motifs is 1. The van der Waals surface area contributed by atoms with Crippen LogP contribution in [0.15, 0.2) is 62.6 Å². The number of nitrogens with one attached hydrogen (secondary N) is 2. The molecule has 0 radical (unpaired) electrons. The summed E-state index contributed by atoms with van der Waals surface area (Å²) in [7, 11) is -3.90. The minimum Gasteiger partial charge on any atom is -0.328 e. The van der Waals surface area contributed by atoms with Crippen molar-refractivity contribution in [3.05, 3.63) is 70.1 Å². The van der Waals surface area contributed by atoms with Gasteiger partial charge in [-0.3, -0.25) is 9.59 Å². The number of H-pyrrole nitrogens is 1. The summed E-state index contributed by atoms with van der Waals surface area (Å²) in [5.74, 6) is 0.325. The van der Waals surface area contributed by atoms with Gasteiger partial charge in [0.05, 0.1) is 5.69 Å². The molecule has 1 aliphatic rings. The van der Waals surface area contributed by atoms with E-state index in [1.54, 1.807) is 50.2 Å². The Kier molecular flexibility index (Phi) is 5.86. The van der Waals surface area contributed by atoms with Gasteiger partial charge in [0.15, 0.2) is 0 Å². The van der Waals surface area contributed by atoms with E-state index in [4.69, 9.17) is 0 Å². The average Bonchev–Trinajstić information content (AvgIpc) is 2.75. The summed E-state index contributed by atoms with van der Waals surface area (Å²) in [5, 5.41) is 2.77. The first-order valence-electron chi connectivity index (χ1n) is 10.4. The van der Waals surface area contributed by atoms with Crippen molar-refractivity contribution >= 4 is 33.1 Å². The van der Waals surface area contributed by atoms with Crippen LogP contribution in [0.2, 0.25) is 0 Å². The predicted molar refractivity (Wildman–Crippen MR) is 127 cm³/mol. The second-order valence-corrected chi connectivity index (χ2v) is 9.29. The zero-order valence-corrected chi connectivity index (χ0v) is 19.2. The van der Waals surface area contributed by atoms with Gasteiger partial charge in [-0.15, -0.1) is 4.40 Å². The van der Waals surface area contributed by atoms with E-state index in [9.17, 15) is 18.0 Å². The summed E-state index contributed by atoms with van der Waals surface area (Å²) in [6.45, 7) is 5.99. The smallest absolute Gasteiger partial charge is 0.286 e. The maximum atomic E-state index is 12.9. The molecule has 9 nitrogen and oxygen atoms in total. The first-order chi connectivity index (χ1) is 15.7. The number of aryl methyl sites for hydroxylation is 1. The van der Waals surface area contributed by atoms with Gasteiger partial charge in [0.1, 0.15) is 16.6 Å². The lowest BCUT2D eigenvalue weighted by Gasteiger charge is -2.29. The molecule has 4 rings (SSSR count). The Balaban J connectivity index is 1.64. The Labute approximate surface area is 191 Å². The van der Waals surface area contributed by atoms with Crippen LogP contribution in [0.5, 0.6) is 0 Å². The van der Waals surface area contributed by atoms with E-state index >= 15 is 0 Å². The molecule has 170 valence electrons. The maximum Gasteiger partial charge on any atom is 0.286 e. The van der Waals surface area contributed by atoms with Crippen molar-refractivity contribution in [1.29, 1.82) is 0 Å². The normalized spacial score (nSPS) is 14.4. The number of amides is 1. The van der Waals surface area contributed by atoms with Crippen LogP contribution < -0.4 is 15.8 Å². The fourth-order valence-electron chi connectivity index (χ4n) is 3.70. The molecule has 0 unspecified atom stereocenters. The van der Waals surface area contributed by atoms with Gasteiger partial charge in [0.2, 0.25) is 0 Å². The Morgan fingerprint density at radius 3 is 2.64 bits per heavy atom. The van der Waals surface area contributed by atoms with Crippen LogP contribution in [-0.2, 0) is 10.0 Å². The molecule has 0 fully saturated rings. The quantitative estimate of drug-likeness (QED) is 0.595. The highest BCUT2D eigenvalue weighted by molar-refractivity contribution is 7.90. The van der Waals surface area contributed by atoms with Crippen molar-refractivity contribution in [2.24, 2.45) is 4.40 Å². The van der Waals surface area contributed by atoms with Gasteiger partial charge in [0.25, 0.3) is 21.5 Å². The molecular weight excluding hydrogens is 442 g/mol. The first-order valence-corrected chi connectivity index (χ1v) is 11.8. The second kappa shape index (κ2) is 8.62. The molecule has 0 atom stereocenters. The van der Waals surface area contributed by atoms with Crippen molar-refractivity contribution in [1.82, 2.24) is 9.97 Å². The number of benzene rings is 2. The molecule has 0 bridgehead atoms. The average molecular weight is 466 g/mol. The number of nitrogens with zero attached hydrogens (tertiary/aromatic N) is 3. The molecule has 3 aromatic rings. The van der Waals surface area contributed by atoms with Crippen LogP contribution in [0.25, 0.3) is 11.4 Å². The van der Waals surface area contributed by atoms with Crippen molar-refractivity contribution in [3.63, 3.8) is 0 Å². The van der Waals surface area contributed by atoms with Crippen LogP contribution in [0, 0.1) is 6.92 Å². The molecule has 2 N–H and O–H groups in total. The van der Waals surface area contributed by atoms with Crippen molar-refractivity contribution in [2.75, 3.05) is 16.8 Å². The molecule has 33 heavy (non-hydrogen) atoms. The van der Waals surface area contributed by atoms with E-state index in [1.807, 2.05) is 11.8 Å². The molecule has 2 aromatic carbocycles. The Hall–Kier alpha value is -3.79. The van der Waals surface area contributed by atoms with Crippen molar-refractivity contribution in [3.8, 4) is 11.4 Å². The number of hydrogen-bond acceptors (Lipinski definition) is 6. The van der Waals surface area contributed by atoms with Crippen molar-refractivity contribution < 1.29 is 13.2 Å². The lowest BCUT2D eigenvalue weighted by atomic mass is 10.1. The third-order valence-electron chi connectivity index (χ3n) is 5.14. The number of carbonyl (C=O) groups is 1. The summed E-state index contributed by atoms with van der Waals surface area (Å²) in [6, 6.07) is 12.8. The van der Waals surface area contributed by atoms with Gasteiger partial charge in [-0.2, -0.15) is 8.42 Å². The topological polar surface area (TPSA) is 125 Å². The van der Waals surface area contributed by atoms with E-state index in [0.717, 1.165) is 6.42 Å². The molecule has 1 aromatic heterocycles. The zero-order valence-electron chi connectivity index (χ0n) is 18.4. The second-order valence-electron chi connectivity index (χ2n) is 7.72. The fourth-order valence-corrected chi connectivity index (χ4v) is 4.96. The molecule has 1 aliphatic heterocycles. The van der Waals surface area contributed by atoms with E-state index in [1.165, 1.54) is 12.1 Å². The fraction of sp³-hybridized carbons (Fsp3) is 0.217. The predicted octanol–water partition coefficient (Wildman–Crippen LogP) is 3.33. The maximum absolute atomic E-state index is 12.9. The van der Waals surface area contributed by atoms with Crippen LogP contribution in [0.3, 0.4) is 0 Å². The summed E-state index contributed by atoms with van der Waals surface area (Å²) < 4.78 is 29.1. The lowest BCUT2D eigenvalue weighted by Crippen LogP contribution is -2.34. The van der Waals surface area contributed by atoms with Gasteiger partial charge >= 0.3 is 0 Å². The highest BCUT2D eigenvalue weighted by atomic mass is 32.2. The number of carbonyl (C=O) groups excluding carboxylic acids is 1. The number of aromatic nitrogens is 2. The minimum atomic E-state index is -3.90. The van der Waals surface area contributed by atoms with Gasteiger partial charge in [-0.1, -0.05) is 19.1 Å². The van der Waals surface area contributed by atoms with Crippen LogP contribution in [0.1, 0.15) is 36.3 Å². The summed E-state index contributed by atoms with van der Waals surface area (Å²) in [4.78, 5) is 33.5. The largest absolute Gasteiger partial charge is 0.328 e. The lowest BCUT2D eigenvalue weighted by molar-refractivity contribution is 0.102. The Morgan fingerprint density at radius 1 is 1.12 bits per heavy atom. The SMILES string of the molecule is CCCN1C(C)=NS(=O)(=O)c2cc(C(=O)Nc3cccc(-c4nc(C)cc(=O)[nH]4)c3)ccc21. The van der Waals surface area contributed by atoms with Gasteiger partial charge in [0, 0.05) is 35.1 Å². The number of sulfonamides is 1. The number of aromatic amines is 1. The highest BCUT2D eigenvalue weighted by Crippen LogP contribution is 2.33. The number of amidine groups is 1. The van der Waals surface area contributed by atoms with E-state index in [2.05, 4.69) is 19.7 Å². The molecule has 10 heteroatoms. The molecule has 0 saturated carbocycles. The zero-order chi connectivity index (χ0) is 23.8. The van der Waals surface area contributed by atoms with Crippen molar-refractivity contribution in [2.45, 2.75) is 32.1 Å². The standard InChI is InChI=1S/C23H23N5O4S/c1-4-10-28-15(3)27-33(31,32)20-13-17(8-9-19(20)28)23(30)25-18-7-5-6-16(12-18)22-24-14(2)11-21(29)26-22/h5-9,11-13H,4,10H2,1-3H3,(H,25,30)(H,24,26,29). The number of hydrogen-bond donors (Lipinski definition) is 2. The molecule has 0 saturated heterocycles. The van der Waals surface area contributed by atoms with Crippen LogP contribution in [-0.4, -0.2) is 36.7 Å². The highest BCUT2D eigenvalue weighted by Gasteiger charge is 2.29. The van der Waals surface area contributed by atoms with Crippen LogP contribution >= 0.6 is 0 Å². The Morgan fingerprint density at radius 2 is 1.91 bits per heavy atom. The van der Waals surface area contributed by atoms with E-state index in [0.29, 0.717) is 40.8 Å². The summed E-state index contributed by atoms with van der Waals surface area (Å²) in [6.07, 6.45) is 0.811. The van der Waals surface area contributed by atoms with E-state index < -0.39 is 15.9 Å². The summed E-state index contributed by atoms with van der Waals surface area (Å²) in [5.41, 5.74) is 2.12. The summed E-state index contributed by atoms with van der Waals surface area (Å²) >= 11 is 0. The molecule has 0 aliphatic carbocycles. The van der Waals surface area contributed by atoms with Gasteiger partial charge in [-0.25, -0.2) is 4.98 Å². The van der Waals surface area contributed by atoms with Gasteiger partial charge in [-0.05, 0) is 50.6 Å². The van der Waals surface area contributed by atoms with Gasteiger partial charge < -0.3 is 15.2 Å². The third kappa shape index (κ3) is 4.56. The number of rotatable bonds is 5. The molecular formula is C23H23N5O4S. The monoisotopic (exact) mass is 465 g/mol. The van der Waals surface area contributed by atoms with E-state index in [-0.39, 0.29) is 16.0 Å². The number of anilines is 2. The molecule has 0 spiro atoms.